The molecule has 0 amide bonds. The van der Waals surface area contributed by atoms with Crippen molar-refractivity contribution in [3.8, 4) is 0 Å². The van der Waals surface area contributed by atoms with Crippen molar-refractivity contribution in [1.29, 1.82) is 0 Å². The first-order chi connectivity index (χ1) is 16.8. The minimum atomic E-state index is -4.92. The van der Waals surface area contributed by atoms with E-state index in [-0.39, 0.29) is 23.8 Å². The van der Waals surface area contributed by atoms with E-state index < -0.39 is 35.1 Å². The van der Waals surface area contributed by atoms with Gasteiger partial charge in [0, 0.05) is 6.54 Å². The molecule has 36 heavy (non-hydrogen) atoms. The van der Waals surface area contributed by atoms with E-state index in [1.54, 1.807) is 12.7 Å². The third-order valence-electron chi connectivity index (χ3n) is 6.93. The van der Waals surface area contributed by atoms with E-state index in [4.69, 9.17) is 4.74 Å². The summed E-state index contributed by atoms with van der Waals surface area (Å²) in [5, 5.41) is 11.3. The Bertz CT molecular complexity index is 1120. The fourth-order valence-electron chi connectivity index (χ4n) is 4.51. The summed E-state index contributed by atoms with van der Waals surface area (Å²) >= 11 is 0. The lowest BCUT2D eigenvalue weighted by Crippen LogP contribution is -2.57. The highest BCUT2D eigenvalue weighted by Crippen LogP contribution is 2.40. The van der Waals surface area contributed by atoms with Gasteiger partial charge in [-0.25, -0.2) is 0 Å². The molecule has 4 rings (SSSR count). The highest BCUT2D eigenvalue weighted by molar-refractivity contribution is 5.35. The highest BCUT2D eigenvalue weighted by Gasteiger charge is 2.43. The van der Waals surface area contributed by atoms with Gasteiger partial charge in [0.15, 0.2) is 0 Å². The van der Waals surface area contributed by atoms with Crippen molar-refractivity contribution in [2.24, 2.45) is 0 Å². The molecule has 3 aromatic rings. The normalized spacial score (nSPS) is 24.0. The summed E-state index contributed by atoms with van der Waals surface area (Å²) in [4.78, 5) is 0. The monoisotopic (exact) mass is 512 g/mol. The smallest absolute Gasteiger partial charge is 0.372 e. The number of rotatable bonds is 6. The Hall–Kier alpha value is -2.92. The van der Waals surface area contributed by atoms with Crippen molar-refractivity contribution in [1.82, 2.24) is 20.1 Å². The number of aromatic nitrogens is 3. The molecule has 1 fully saturated rings. The number of nitrogens with one attached hydrogen (secondary N) is 1. The number of hydrogen-bond acceptors (Lipinski definition) is 4. The lowest BCUT2D eigenvalue weighted by Gasteiger charge is -2.46. The van der Waals surface area contributed by atoms with Gasteiger partial charge in [0.05, 0.1) is 34.9 Å². The molecule has 5 nitrogen and oxygen atoms in total. The summed E-state index contributed by atoms with van der Waals surface area (Å²) < 4.78 is 87.8. The third-order valence-corrected chi connectivity index (χ3v) is 6.93. The van der Waals surface area contributed by atoms with Crippen LogP contribution < -0.4 is 5.32 Å². The molecule has 1 saturated heterocycles. The zero-order valence-corrected chi connectivity index (χ0v) is 19.7. The molecule has 1 N–H and O–H groups in total. The Labute approximate surface area is 204 Å². The highest BCUT2D eigenvalue weighted by atomic mass is 19.4. The van der Waals surface area contributed by atoms with Crippen LogP contribution in [0.15, 0.2) is 61.2 Å². The molecule has 2 aromatic carbocycles. The van der Waals surface area contributed by atoms with Crippen molar-refractivity contribution in [3.63, 3.8) is 0 Å². The van der Waals surface area contributed by atoms with Crippen LogP contribution in [0.4, 0.5) is 26.3 Å². The maximum absolute atomic E-state index is 13.3. The van der Waals surface area contributed by atoms with Gasteiger partial charge in [0.25, 0.3) is 0 Å². The second-order valence-electron chi connectivity index (χ2n) is 9.46. The predicted molar refractivity (Wildman–Crippen MR) is 120 cm³/mol. The van der Waals surface area contributed by atoms with E-state index in [0.29, 0.717) is 31.5 Å². The molecule has 0 aliphatic carbocycles. The van der Waals surface area contributed by atoms with Gasteiger partial charge in [-0.15, -0.1) is 10.2 Å². The Morgan fingerprint density at radius 3 is 2.03 bits per heavy atom. The average Bonchev–Trinajstić information content (AvgIpc) is 3.39. The molecule has 0 bridgehead atoms. The first-order valence-corrected chi connectivity index (χ1v) is 11.4. The Morgan fingerprint density at radius 1 is 0.944 bits per heavy atom. The lowest BCUT2D eigenvalue weighted by molar-refractivity contribution is -0.143. The summed E-state index contributed by atoms with van der Waals surface area (Å²) in [6.07, 6.45) is -6.25. The summed E-state index contributed by atoms with van der Waals surface area (Å²) in [7, 11) is 0. The predicted octanol–water partition coefficient (Wildman–Crippen LogP) is 6.09. The summed E-state index contributed by atoms with van der Waals surface area (Å²) in [6.45, 7) is 4.09. The van der Waals surface area contributed by atoms with Crippen LogP contribution in [0.5, 0.6) is 0 Å². The van der Waals surface area contributed by atoms with Crippen LogP contribution in [0.3, 0.4) is 0 Å². The zero-order valence-electron chi connectivity index (χ0n) is 19.7. The summed E-state index contributed by atoms with van der Waals surface area (Å²) in [5.74, 6) is 0. The number of alkyl halides is 6. The van der Waals surface area contributed by atoms with E-state index in [0.717, 1.165) is 5.56 Å². The number of halogens is 6. The third kappa shape index (κ3) is 5.41. The molecule has 1 aliphatic heterocycles. The van der Waals surface area contributed by atoms with Crippen LogP contribution >= 0.6 is 0 Å². The van der Waals surface area contributed by atoms with E-state index in [9.17, 15) is 26.3 Å². The maximum atomic E-state index is 13.3. The molecular weight excluding hydrogens is 486 g/mol. The van der Waals surface area contributed by atoms with Gasteiger partial charge in [0.1, 0.15) is 12.7 Å². The molecular formula is C25H26F6N4O. The largest absolute Gasteiger partial charge is 0.416 e. The van der Waals surface area contributed by atoms with Crippen molar-refractivity contribution in [3.05, 3.63) is 83.4 Å². The number of piperidine rings is 1. The minimum Gasteiger partial charge on any atom is -0.372 e. The quantitative estimate of drug-likeness (QED) is 0.407. The van der Waals surface area contributed by atoms with Gasteiger partial charge in [-0.2, -0.15) is 26.3 Å². The average molecular weight is 512 g/mol. The Balaban J connectivity index is 1.59. The molecule has 0 spiro atoms. The number of ether oxygens (including phenoxy) is 1. The second kappa shape index (κ2) is 9.51. The molecule has 3 atom stereocenters. The van der Waals surface area contributed by atoms with Crippen LogP contribution in [0, 0.1) is 0 Å². The molecule has 1 aliphatic rings. The van der Waals surface area contributed by atoms with Crippen molar-refractivity contribution >= 4 is 0 Å². The summed E-state index contributed by atoms with van der Waals surface area (Å²) in [6, 6.07) is 11.0. The SMILES string of the molecule is C[C@@H](OC[C@@]1(c2ccccc2)CC[C@@](C)(n2cnnc2)CN1)c1cc(C(F)(F)F)cc(C(F)(F)F)c1. The van der Waals surface area contributed by atoms with Crippen LogP contribution in [-0.2, 0) is 28.2 Å². The van der Waals surface area contributed by atoms with Crippen molar-refractivity contribution in [2.45, 2.75) is 56.2 Å². The number of hydrogen-bond donors (Lipinski definition) is 1. The van der Waals surface area contributed by atoms with Gasteiger partial charge in [-0.05, 0) is 56.0 Å². The van der Waals surface area contributed by atoms with Gasteiger partial charge in [0.2, 0.25) is 0 Å². The van der Waals surface area contributed by atoms with Gasteiger partial charge < -0.3 is 14.6 Å². The first kappa shape index (κ1) is 26.2. The Morgan fingerprint density at radius 2 is 1.53 bits per heavy atom. The minimum absolute atomic E-state index is 0.0496. The van der Waals surface area contributed by atoms with E-state index >= 15 is 0 Å². The lowest BCUT2D eigenvalue weighted by atomic mass is 9.77. The van der Waals surface area contributed by atoms with Gasteiger partial charge in [-0.3, -0.25) is 0 Å². The van der Waals surface area contributed by atoms with E-state index in [1.807, 2.05) is 34.9 Å². The molecule has 2 heterocycles. The summed E-state index contributed by atoms with van der Waals surface area (Å²) in [5.41, 5.74) is -2.98. The van der Waals surface area contributed by atoms with Crippen molar-refractivity contribution < 1.29 is 31.1 Å². The first-order valence-electron chi connectivity index (χ1n) is 11.4. The molecule has 194 valence electrons. The van der Waals surface area contributed by atoms with Gasteiger partial charge >= 0.3 is 12.4 Å². The maximum Gasteiger partial charge on any atom is 0.416 e. The fraction of sp³-hybridized carbons (Fsp3) is 0.440. The van der Waals surface area contributed by atoms with Crippen LogP contribution in [-0.4, -0.2) is 27.9 Å². The number of nitrogens with zero attached hydrogens (tertiary/aromatic N) is 3. The van der Waals surface area contributed by atoms with Gasteiger partial charge in [-0.1, -0.05) is 30.3 Å². The molecule has 0 unspecified atom stereocenters. The molecule has 0 saturated carbocycles. The van der Waals surface area contributed by atoms with Crippen LogP contribution in [0.2, 0.25) is 0 Å². The fourth-order valence-corrected chi connectivity index (χ4v) is 4.51. The molecule has 1 aromatic heterocycles. The van der Waals surface area contributed by atoms with Crippen molar-refractivity contribution in [2.75, 3.05) is 13.2 Å². The topological polar surface area (TPSA) is 52.0 Å². The molecule has 0 radical (unpaired) electrons. The van der Waals surface area contributed by atoms with Crippen LogP contribution in [0.25, 0.3) is 0 Å². The zero-order chi connectivity index (χ0) is 26.2. The number of benzene rings is 2. The van der Waals surface area contributed by atoms with E-state index in [1.165, 1.54) is 6.92 Å². The van der Waals surface area contributed by atoms with Crippen LogP contribution in [0.1, 0.15) is 55.0 Å². The second-order valence-corrected chi connectivity index (χ2v) is 9.46. The molecule has 11 heteroatoms. The van der Waals surface area contributed by atoms with E-state index in [2.05, 4.69) is 22.4 Å². The standard InChI is InChI=1S/C25H26F6N4O/c1-17(18-10-20(24(26,27)28)12-21(11-18)25(29,30)31)36-14-23(19-6-4-3-5-7-19)9-8-22(2,13-32-23)35-15-33-34-16-35/h3-7,10-12,15-17,32H,8-9,13-14H2,1-2H3/t17-,22-,23-/m1/s1. The Kier molecular flexibility index (Phi) is 6.91.